The molecule has 0 radical (unpaired) electrons. The van der Waals surface area contributed by atoms with E-state index in [1.54, 1.807) is 0 Å². The second kappa shape index (κ2) is 14.6. The Kier molecular flexibility index (Phi) is 13.9. The van der Waals surface area contributed by atoms with Crippen molar-refractivity contribution in [1.82, 2.24) is 0 Å². The first kappa shape index (κ1) is 25.6. The predicted molar refractivity (Wildman–Crippen MR) is 104 cm³/mol. The van der Waals surface area contributed by atoms with E-state index in [1.807, 2.05) is 0 Å². The predicted octanol–water partition coefficient (Wildman–Crippen LogP) is 4.13. The maximum atomic E-state index is 11.6. The molecule has 0 aromatic carbocycles. The Bertz CT molecular complexity index is 554. The first-order valence-corrected chi connectivity index (χ1v) is 11.3. The molecular formula is C19H34O7S. The van der Waals surface area contributed by atoms with Crippen LogP contribution >= 0.6 is 0 Å². The van der Waals surface area contributed by atoms with Gasteiger partial charge in [0, 0.05) is 12.2 Å². The second-order valence-electron chi connectivity index (χ2n) is 6.84. The first-order chi connectivity index (χ1) is 12.7. The molecule has 0 amide bonds. The number of hydrogen-bond donors (Lipinski definition) is 2. The zero-order chi connectivity index (χ0) is 20.7. The fourth-order valence-electron chi connectivity index (χ4n) is 2.74. The molecule has 0 rings (SSSR count). The number of carboxylic acid groups (broad SMARTS) is 1. The molecule has 2 N–H and O–H groups in total. The number of rotatable bonds is 16. The Labute approximate surface area is 162 Å². The molecule has 0 aliphatic carbocycles. The number of esters is 1. The van der Waals surface area contributed by atoms with Crippen molar-refractivity contribution in [1.29, 1.82) is 0 Å². The van der Waals surface area contributed by atoms with E-state index >= 15 is 0 Å². The summed E-state index contributed by atoms with van der Waals surface area (Å²) in [6.07, 6.45) is 11.8. The van der Waals surface area contributed by atoms with Gasteiger partial charge in [-0.2, -0.15) is 8.42 Å². The lowest BCUT2D eigenvalue weighted by Gasteiger charge is -2.21. The van der Waals surface area contributed by atoms with Crippen LogP contribution in [0.15, 0.2) is 12.2 Å². The molecule has 2 unspecified atom stereocenters. The molecular weight excluding hydrogens is 372 g/mol. The lowest BCUT2D eigenvalue weighted by Crippen LogP contribution is -2.34. The van der Waals surface area contributed by atoms with Crippen LogP contribution in [0.2, 0.25) is 0 Å². The smallest absolute Gasteiger partial charge is 0.331 e. The number of aliphatic carboxylic acids is 1. The fourth-order valence-corrected chi connectivity index (χ4v) is 3.32. The van der Waals surface area contributed by atoms with E-state index in [9.17, 15) is 22.6 Å². The average molecular weight is 407 g/mol. The summed E-state index contributed by atoms with van der Waals surface area (Å²) in [6, 6.07) is 0. The summed E-state index contributed by atoms with van der Waals surface area (Å²) >= 11 is 0. The summed E-state index contributed by atoms with van der Waals surface area (Å²) in [7, 11) is -4.36. The minimum absolute atomic E-state index is 0.296. The van der Waals surface area contributed by atoms with Gasteiger partial charge >= 0.3 is 11.9 Å². The van der Waals surface area contributed by atoms with E-state index in [2.05, 4.69) is 6.92 Å². The highest BCUT2D eigenvalue weighted by molar-refractivity contribution is 7.86. The van der Waals surface area contributed by atoms with Crippen molar-refractivity contribution in [2.75, 3.05) is 0 Å². The van der Waals surface area contributed by atoms with Crippen LogP contribution in [-0.4, -0.2) is 41.4 Å². The Morgan fingerprint density at radius 2 is 1.41 bits per heavy atom. The summed E-state index contributed by atoms with van der Waals surface area (Å²) in [6.45, 7) is 3.46. The van der Waals surface area contributed by atoms with Crippen molar-refractivity contribution in [2.45, 2.75) is 95.8 Å². The standard InChI is InChI=1S/C19H34O7S/c1-3-4-5-6-7-8-9-10-11-12-13-17(16(2)27(23,24)25)26-19(22)15-14-18(20)21/h14-17H,3-13H2,1-2H3,(H,20,21)(H,23,24,25)/b15-14-. The summed E-state index contributed by atoms with van der Waals surface area (Å²) < 4.78 is 37.0. The molecule has 0 heterocycles. The number of unbranched alkanes of at least 4 members (excludes halogenated alkanes) is 9. The molecule has 0 aliphatic heterocycles. The van der Waals surface area contributed by atoms with Crippen molar-refractivity contribution in [3.8, 4) is 0 Å². The van der Waals surface area contributed by atoms with Gasteiger partial charge in [0.25, 0.3) is 10.1 Å². The maximum Gasteiger partial charge on any atom is 0.331 e. The molecule has 0 fully saturated rings. The molecule has 0 aromatic heterocycles. The Morgan fingerprint density at radius 1 is 0.926 bits per heavy atom. The molecule has 7 nitrogen and oxygen atoms in total. The molecule has 0 bridgehead atoms. The minimum Gasteiger partial charge on any atom is -0.478 e. The van der Waals surface area contributed by atoms with E-state index in [-0.39, 0.29) is 0 Å². The second-order valence-corrected chi connectivity index (χ2v) is 8.61. The van der Waals surface area contributed by atoms with Gasteiger partial charge in [-0.1, -0.05) is 64.7 Å². The normalized spacial score (nSPS) is 14.2. The number of carbonyl (C=O) groups is 2. The summed E-state index contributed by atoms with van der Waals surface area (Å²) in [4.78, 5) is 22.0. The van der Waals surface area contributed by atoms with Crippen molar-refractivity contribution < 1.29 is 32.4 Å². The zero-order valence-corrected chi connectivity index (χ0v) is 17.2. The Morgan fingerprint density at radius 3 is 1.85 bits per heavy atom. The first-order valence-electron chi connectivity index (χ1n) is 9.76. The fraction of sp³-hybridized carbons (Fsp3) is 0.789. The summed E-state index contributed by atoms with van der Waals surface area (Å²) in [5.74, 6) is -2.24. The largest absolute Gasteiger partial charge is 0.478 e. The van der Waals surface area contributed by atoms with Crippen LogP contribution in [0.4, 0.5) is 0 Å². The lowest BCUT2D eigenvalue weighted by molar-refractivity contribution is -0.144. The Hall–Kier alpha value is -1.41. The van der Waals surface area contributed by atoms with Gasteiger partial charge in [-0.25, -0.2) is 9.59 Å². The zero-order valence-electron chi connectivity index (χ0n) is 16.4. The number of ether oxygens (including phenoxy) is 1. The van der Waals surface area contributed by atoms with Gasteiger partial charge in [-0.3, -0.25) is 4.55 Å². The van der Waals surface area contributed by atoms with Crippen molar-refractivity contribution in [2.24, 2.45) is 0 Å². The van der Waals surface area contributed by atoms with Gasteiger partial charge in [0.05, 0.1) is 0 Å². The number of hydrogen-bond acceptors (Lipinski definition) is 5. The molecule has 0 saturated heterocycles. The van der Waals surface area contributed by atoms with Crippen molar-refractivity contribution >= 4 is 22.1 Å². The van der Waals surface area contributed by atoms with E-state index in [0.29, 0.717) is 18.9 Å². The van der Waals surface area contributed by atoms with Crippen molar-refractivity contribution in [3.63, 3.8) is 0 Å². The maximum absolute atomic E-state index is 11.6. The van der Waals surface area contributed by atoms with Gasteiger partial charge in [-0.05, 0) is 19.8 Å². The van der Waals surface area contributed by atoms with Gasteiger partial charge in [0.1, 0.15) is 11.4 Å². The molecule has 8 heteroatoms. The average Bonchev–Trinajstić information content (AvgIpc) is 2.59. The Balaban J connectivity index is 4.26. The van der Waals surface area contributed by atoms with Crippen LogP contribution in [0.1, 0.15) is 84.5 Å². The highest BCUT2D eigenvalue weighted by atomic mass is 32.2. The molecule has 2 atom stereocenters. The molecule has 0 spiro atoms. The highest BCUT2D eigenvalue weighted by Crippen LogP contribution is 2.18. The van der Waals surface area contributed by atoms with E-state index < -0.39 is 33.4 Å². The third-order valence-electron chi connectivity index (χ3n) is 4.47. The third kappa shape index (κ3) is 14.3. The van der Waals surface area contributed by atoms with E-state index in [1.165, 1.54) is 45.4 Å². The van der Waals surface area contributed by atoms with E-state index in [4.69, 9.17) is 9.84 Å². The molecule has 0 saturated carbocycles. The number of carbonyl (C=O) groups excluding carboxylic acids is 1. The van der Waals surface area contributed by atoms with Crippen molar-refractivity contribution in [3.05, 3.63) is 12.2 Å². The summed E-state index contributed by atoms with van der Waals surface area (Å²) in [5.41, 5.74) is 0. The quantitative estimate of drug-likeness (QED) is 0.171. The van der Waals surface area contributed by atoms with E-state index in [0.717, 1.165) is 25.3 Å². The van der Waals surface area contributed by atoms with Crippen LogP contribution in [0.3, 0.4) is 0 Å². The van der Waals surface area contributed by atoms with Crippen LogP contribution < -0.4 is 0 Å². The molecule has 158 valence electrons. The van der Waals surface area contributed by atoms with Crippen LogP contribution in [0.5, 0.6) is 0 Å². The van der Waals surface area contributed by atoms with Gasteiger partial charge in [0.15, 0.2) is 0 Å². The monoisotopic (exact) mass is 406 g/mol. The molecule has 0 aliphatic rings. The van der Waals surface area contributed by atoms with Gasteiger partial charge < -0.3 is 9.84 Å². The third-order valence-corrected chi connectivity index (χ3v) is 5.71. The molecule has 0 aromatic rings. The molecule has 27 heavy (non-hydrogen) atoms. The lowest BCUT2D eigenvalue weighted by atomic mass is 10.0. The highest BCUT2D eigenvalue weighted by Gasteiger charge is 2.30. The van der Waals surface area contributed by atoms with Crippen LogP contribution in [-0.2, 0) is 24.4 Å². The van der Waals surface area contributed by atoms with Gasteiger partial charge in [-0.15, -0.1) is 0 Å². The van der Waals surface area contributed by atoms with Gasteiger partial charge in [0.2, 0.25) is 0 Å². The van der Waals surface area contributed by atoms with Crippen LogP contribution in [0, 0.1) is 0 Å². The van der Waals surface area contributed by atoms with Crippen LogP contribution in [0.25, 0.3) is 0 Å². The minimum atomic E-state index is -4.36. The SMILES string of the molecule is CCCCCCCCCCCCC(OC(=O)/C=C\C(=O)O)C(C)S(=O)(=O)O. The summed E-state index contributed by atoms with van der Waals surface area (Å²) in [5, 5.41) is 7.24. The topological polar surface area (TPSA) is 118 Å². The number of carboxylic acids is 1.